The first-order chi connectivity index (χ1) is 10.1. The largest absolute Gasteiger partial charge is 0.480 e. The van der Waals surface area contributed by atoms with Crippen LogP contribution < -0.4 is 5.32 Å². The molecule has 2 rings (SSSR count). The topological polar surface area (TPSA) is 90.7 Å². The van der Waals surface area contributed by atoms with Crippen molar-refractivity contribution in [1.82, 2.24) is 24.7 Å². The number of carbonyl (C=O) groups excluding carboxylic acids is 1. The number of aromatic nitrogens is 2. The first-order valence-corrected chi connectivity index (χ1v) is 7.08. The molecule has 116 valence electrons. The molecule has 0 bridgehead atoms. The number of amides is 2. The average Bonchev–Trinajstić information content (AvgIpc) is 2.84. The van der Waals surface area contributed by atoms with E-state index in [1.54, 1.807) is 17.4 Å². The Morgan fingerprint density at radius 3 is 2.81 bits per heavy atom. The normalized spacial score (nSPS) is 16.5. The van der Waals surface area contributed by atoms with Crippen molar-refractivity contribution < 1.29 is 14.7 Å². The molecule has 0 radical (unpaired) electrons. The summed E-state index contributed by atoms with van der Waals surface area (Å²) >= 11 is 0. The van der Waals surface area contributed by atoms with Crippen LogP contribution in [0.15, 0.2) is 18.7 Å². The third-order valence-corrected chi connectivity index (χ3v) is 3.44. The molecule has 1 aliphatic heterocycles. The molecule has 1 saturated heterocycles. The third kappa shape index (κ3) is 5.07. The molecule has 0 atom stereocenters. The van der Waals surface area contributed by atoms with Gasteiger partial charge >= 0.3 is 12.0 Å². The fraction of sp³-hybridized carbons (Fsp3) is 0.615. The van der Waals surface area contributed by atoms with Gasteiger partial charge in [0.15, 0.2) is 0 Å². The lowest BCUT2D eigenvalue weighted by atomic mass is 10.4. The summed E-state index contributed by atoms with van der Waals surface area (Å²) in [5.41, 5.74) is 0. The Hall–Kier alpha value is -2.09. The molecule has 2 amide bonds. The number of carbonyl (C=O) groups is 2. The van der Waals surface area contributed by atoms with Gasteiger partial charge in [0.2, 0.25) is 0 Å². The smallest absolute Gasteiger partial charge is 0.317 e. The zero-order valence-corrected chi connectivity index (χ0v) is 11.9. The molecular formula is C13H21N5O3. The molecule has 0 aromatic carbocycles. The van der Waals surface area contributed by atoms with E-state index >= 15 is 0 Å². The van der Waals surface area contributed by atoms with E-state index < -0.39 is 5.97 Å². The third-order valence-electron chi connectivity index (χ3n) is 3.44. The number of rotatable bonds is 5. The number of imidazole rings is 1. The second-order valence-corrected chi connectivity index (χ2v) is 5.04. The predicted molar refractivity (Wildman–Crippen MR) is 75.9 cm³/mol. The molecule has 1 aromatic heterocycles. The number of hydrogen-bond acceptors (Lipinski definition) is 4. The summed E-state index contributed by atoms with van der Waals surface area (Å²) in [6.07, 6.45) is 6.06. The first kappa shape index (κ1) is 15.3. The van der Waals surface area contributed by atoms with Crippen LogP contribution in [0.25, 0.3) is 0 Å². The minimum Gasteiger partial charge on any atom is -0.480 e. The van der Waals surface area contributed by atoms with Crippen molar-refractivity contribution in [3.05, 3.63) is 18.7 Å². The lowest BCUT2D eigenvalue weighted by Gasteiger charge is -2.21. The fourth-order valence-electron chi connectivity index (χ4n) is 2.35. The summed E-state index contributed by atoms with van der Waals surface area (Å²) in [5.74, 6) is -0.826. The van der Waals surface area contributed by atoms with Gasteiger partial charge in [0.05, 0.1) is 12.9 Å². The van der Waals surface area contributed by atoms with Crippen LogP contribution in [0, 0.1) is 0 Å². The molecule has 0 aliphatic carbocycles. The summed E-state index contributed by atoms with van der Waals surface area (Å²) in [5, 5.41) is 11.7. The number of nitrogens with one attached hydrogen (secondary N) is 1. The van der Waals surface area contributed by atoms with Crippen LogP contribution in [0.2, 0.25) is 0 Å². The lowest BCUT2D eigenvalue weighted by Crippen LogP contribution is -2.43. The molecule has 1 aliphatic rings. The monoisotopic (exact) mass is 295 g/mol. The number of hydrogen-bond donors (Lipinski definition) is 2. The van der Waals surface area contributed by atoms with Crippen molar-refractivity contribution in [1.29, 1.82) is 0 Å². The highest BCUT2D eigenvalue weighted by Gasteiger charge is 2.19. The molecule has 8 heteroatoms. The van der Waals surface area contributed by atoms with Crippen molar-refractivity contribution in [3.8, 4) is 0 Å². The Kier molecular flexibility index (Phi) is 5.56. The van der Waals surface area contributed by atoms with Gasteiger partial charge in [-0.15, -0.1) is 0 Å². The van der Waals surface area contributed by atoms with Crippen LogP contribution in [0.1, 0.15) is 6.42 Å². The van der Waals surface area contributed by atoms with Gasteiger partial charge in [-0.25, -0.2) is 9.78 Å². The number of nitrogens with zero attached hydrogens (tertiary/aromatic N) is 4. The van der Waals surface area contributed by atoms with Crippen molar-refractivity contribution in [2.45, 2.75) is 13.0 Å². The van der Waals surface area contributed by atoms with Crippen molar-refractivity contribution in [3.63, 3.8) is 0 Å². The van der Waals surface area contributed by atoms with Crippen molar-refractivity contribution in [2.75, 3.05) is 39.3 Å². The molecule has 21 heavy (non-hydrogen) atoms. The van der Waals surface area contributed by atoms with Crippen LogP contribution in [-0.2, 0) is 11.3 Å². The lowest BCUT2D eigenvalue weighted by molar-refractivity contribution is -0.138. The van der Waals surface area contributed by atoms with Gasteiger partial charge in [0.25, 0.3) is 0 Å². The quantitative estimate of drug-likeness (QED) is 0.777. The standard InChI is InChI=1S/C13H21N5O3/c19-12(20)10-16-4-1-5-18(9-8-16)13(21)15-3-7-17-6-2-14-11-17/h2,6,11H,1,3-5,7-10H2,(H,15,21)(H,19,20). The first-order valence-electron chi connectivity index (χ1n) is 7.08. The van der Waals surface area contributed by atoms with Crippen LogP contribution in [0.3, 0.4) is 0 Å². The highest BCUT2D eigenvalue weighted by atomic mass is 16.4. The fourth-order valence-corrected chi connectivity index (χ4v) is 2.35. The van der Waals surface area contributed by atoms with Crippen LogP contribution in [0.4, 0.5) is 4.79 Å². The zero-order chi connectivity index (χ0) is 15.1. The molecule has 1 aromatic rings. The molecule has 8 nitrogen and oxygen atoms in total. The maximum absolute atomic E-state index is 12.1. The molecule has 1 fully saturated rings. The van der Waals surface area contributed by atoms with Gasteiger partial charge in [0, 0.05) is 51.7 Å². The molecule has 0 spiro atoms. The maximum Gasteiger partial charge on any atom is 0.317 e. The second kappa shape index (κ2) is 7.63. The van der Waals surface area contributed by atoms with E-state index in [2.05, 4.69) is 10.3 Å². The number of urea groups is 1. The SMILES string of the molecule is O=C(O)CN1CCCN(C(=O)NCCn2ccnc2)CC1. The van der Waals surface area contributed by atoms with E-state index in [-0.39, 0.29) is 12.6 Å². The van der Waals surface area contributed by atoms with E-state index in [0.29, 0.717) is 39.3 Å². The zero-order valence-electron chi connectivity index (χ0n) is 11.9. The Morgan fingerprint density at radius 1 is 1.24 bits per heavy atom. The minimum absolute atomic E-state index is 0.0378. The van der Waals surface area contributed by atoms with Crippen molar-refractivity contribution >= 4 is 12.0 Å². The second-order valence-electron chi connectivity index (χ2n) is 5.04. The van der Waals surface area contributed by atoms with E-state index in [1.165, 1.54) is 0 Å². The van der Waals surface area contributed by atoms with Crippen LogP contribution >= 0.6 is 0 Å². The highest BCUT2D eigenvalue weighted by molar-refractivity contribution is 5.74. The van der Waals surface area contributed by atoms with Crippen molar-refractivity contribution in [2.24, 2.45) is 0 Å². The molecule has 0 unspecified atom stereocenters. The van der Waals surface area contributed by atoms with Gasteiger partial charge in [-0.1, -0.05) is 0 Å². The maximum atomic E-state index is 12.1. The molecular weight excluding hydrogens is 274 g/mol. The Bertz CT molecular complexity index is 462. The summed E-state index contributed by atoms with van der Waals surface area (Å²) in [7, 11) is 0. The average molecular weight is 295 g/mol. The molecule has 0 saturated carbocycles. The predicted octanol–water partition coefficient (Wildman–Crippen LogP) is -0.315. The number of aliphatic carboxylic acids is 1. The minimum atomic E-state index is -0.826. The van der Waals surface area contributed by atoms with E-state index in [4.69, 9.17) is 5.11 Å². The van der Waals surface area contributed by atoms with Crippen LogP contribution in [-0.4, -0.2) is 75.7 Å². The molecule has 2 N–H and O–H groups in total. The summed E-state index contributed by atoms with van der Waals surface area (Å²) in [4.78, 5) is 30.3. The number of carboxylic acid groups (broad SMARTS) is 1. The Balaban J connectivity index is 1.71. The van der Waals surface area contributed by atoms with Gasteiger partial charge < -0.3 is 19.9 Å². The number of carboxylic acids is 1. The van der Waals surface area contributed by atoms with E-state index in [1.807, 2.05) is 15.7 Å². The van der Waals surface area contributed by atoms with Gasteiger partial charge in [-0.2, -0.15) is 0 Å². The highest BCUT2D eigenvalue weighted by Crippen LogP contribution is 2.03. The van der Waals surface area contributed by atoms with Crippen LogP contribution in [0.5, 0.6) is 0 Å². The summed E-state index contributed by atoms with van der Waals surface area (Å²) in [6.45, 7) is 3.80. The Morgan fingerprint density at radius 2 is 2.10 bits per heavy atom. The summed E-state index contributed by atoms with van der Waals surface area (Å²) in [6, 6.07) is -0.0905. The van der Waals surface area contributed by atoms with E-state index in [9.17, 15) is 9.59 Å². The van der Waals surface area contributed by atoms with Gasteiger partial charge in [0.1, 0.15) is 0 Å². The van der Waals surface area contributed by atoms with Gasteiger partial charge in [-0.05, 0) is 6.42 Å². The molecule has 2 heterocycles. The summed E-state index contributed by atoms with van der Waals surface area (Å²) < 4.78 is 1.90. The van der Waals surface area contributed by atoms with Gasteiger partial charge in [-0.3, -0.25) is 9.69 Å². The van der Waals surface area contributed by atoms with E-state index in [0.717, 1.165) is 6.42 Å². The Labute approximate surface area is 123 Å².